The Morgan fingerprint density at radius 1 is 1.14 bits per heavy atom. The molecule has 1 aliphatic rings. The van der Waals surface area contributed by atoms with Crippen LogP contribution in [0.25, 0.3) is 0 Å². The molecule has 0 saturated carbocycles. The standard InChI is InChI=1S/C22H32N4O2/c1-18(2)8-12-26-14-13-25(17-20(26)9-15-27)16-19-4-6-21(7-5-19)28-22-23-10-3-11-24-22/h3-7,10-11,18,20,27H,8-9,12-17H2,1-2H3/t20-/m1/s1. The van der Waals surface area contributed by atoms with Gasteiger partial charge in [-0.2, -0.15) is 0 Å². The van der Waals surface area contributed by atoms with Crippen LogP contribution < -0.4 is 4.74 Å². The Morgan fingerprint density at radius 2 is 1.89 bits per heavy atom. The summed E-state index contributed by atoms with van der Waals surface area (Å²) in [4.78, 5) is 13.2. The van der Waals surface area contributed by atoms with Gasteiger partial charge in [-0.15, -0.1) is 0 Å². The lowest BCUT2D eigenvalue weighted by atomic mass is 10.0. The molecule has 152 valence electrons. The molecule has 1 N–H and O–H groups in total. The summed E-state index contributed by atoms with van der Waals surface area (Å²) >= 11 is 0. The lowest BCUT2D eigenvalue weighted by molar-refractivity contribution is 0.0524. The third kappa shape index (κ3) is 6.26. The van der Waals surface area contributed by atoms with Crippen LogP contribution in [-0.4, -0.2) is 63.7 Å². The van der Waals surface area contributed by atoms with E-state index in [0.29, 0.717) is 12.1 Å². The van der Waals surface area contributed by atoms with Gasteiger partial charge in [0.1, 0.15) is 5.75 Å². The van der Waals surface area contributed by atoms with Crippen molar-refractivity contribution in [2.45, 2.75) is 39.3 Å². The Hall–Kier alpha value is -2.02. The number of piperazine rings is 1. The molecule has 0 bridgehead atoms. The summed E-state index contributed by atoms with van der Waals surface area (Å²) in [7, 11) is 0. The molecule has 1 aromatic carbocycles. The summed E-state index contributed by atoms with van der Waals surface area (Å²) in [6.45, 7) is 9.99. The van der Waals surface area contributed by atoms with Gasteiger partial charge in [-0.25, -0.2) is 9.97 Å². The van der Waals surface area contributed by atoms with Crippen LogP contribution in [0.5, 0.6) is 11.8 Å². The minimum Gasteiger partial charge on any atom is -0.424 e. The van der Waals surface area contributed by atoms with Crippen molar-refractivity contribution >= 4 is 0 Å². The van der Waals surface area contributed by atoms with Crippen LogP contribution in [-0.2, 0) is 6.54 Å². The van der Waals surface area contributed by atoms with Crippen LogP contribution >= 0.6 is 0 Å². The summed E-state index contributed by atoms with van der Waals surface area (Å²) in [5, 5.41) is 9.47. The van der Waals surface area contributed by atoms with Crippen LogP contribution in [0.3, 0.4) is 0 Å². The minimum absolute atomic E-state index is 0.254. The summed E-state index contributed by atoms with van der Waals surface area (Å²) in [6.07, 6.45) is 5.40. The fraction of sp³-hybridized carbons (Fsp3) is 0.545. The summed E-state index contributed by atoms with van der Waals surface area (Å²) in [6, 6.07) is 10.7. The van der Waals surface area contributed by atoms with E-state index in [4.69, 9.17) is 4.74 Å². The number of rotatable bonds is 9. The fourth-order valence-corrected chi connectivity index (χ4v) is 3.61. The maximum Gasteiger partial charge on any atom is 0.321 e. The van der Waals surface area contributed by atoms with Gasteiger partial charge in [0.15, 0.2) is 0 Å². The third-order valence-electron chi connectivity index (χ3n) is 5.23. The molecule has 1 atom stereocenters. The zero-order valence-electron chi connectivity index (χ0n) is 17.0. The van der Waals surface area contributed by atoms with Crippen LogP contribution in [0.4, 0.5) is 0 Å². The Morgan fingerprint density at radius 3 is 2.57 bits per heavy atom. The molecule has 6 nitrogen and oxygen atoms in total. The molecule has 0 aliphatic carbocycles. The molecule has 6 heteroatoms. The van der Waals surface area contributed by atoms with Crippen molar-refractivity contribution in [1.82, 2.24) is 19.8 Å². The Labute approximate surface area is 168 Å². The quantitative estimate of drug-likeness (QED) is 0.716. The molecule has 1 saturated heterocycles. The summed E-state index contributed by atoms with van der Waals surface area (Å²) < 4.78 is 5.66. The third-order valence-corrected chi connectivity index (χ3v) is 5.23. The lowest BCUT2D eigenvalue weighted by Crippen LogP contribution is -2.53. The second-order valence-corrected chi connectivity index (χ2v) is 7.90. The zero-order chi connectivity index (χ0) is 19.8. The van der Waals surface area contributed by atoms with E-state index in [1.165, 1.54) is 12.0 Å². The topological polar surface area (TPSA) is 61.7 Å². The average Bonchev–Trinajstić information content (AvgIpc) is 2.70. The Balaban J connectivity index is 1.53. The molecule has 0 radical (unpaired) electrons. The van der Waals surface area contributed by atoms with Crippen molar-refractivity contribution in [2.24, 2.45) is 5.92 Å². The van der Waals surface area contributed by atoms with E-state index < -0.39 is 0 Å². The first-order valence-corrected chi connectivity index (χ1v) is 10.2. The van der Waals surface area contributed by atoms with Gasteiger partial charge in [0.05, 0.1) is 0 Å². The molecule has 1 fully saturated rings. The number of aliphatic hydroxyl groups excluding tert-OH is 1. The number of aromatic nitrogens is 2. The van der Waals surface area contributed by atoms with E-state index >= 15 is 0 Å². The van der Waals surface area contributed by atoms with E-state index in [1.807, 2.05) is 12.1 Å². The van der Waals surface area contributed by atoms with E-state index in [0.717, 1.165) is 50.8 Å². The maximum absolute atomic E-state index is 9.47. The smallest absolute Gasteiger partial charge is 0.321 e. The van der Waals surface area contributed by atoms with Crippen LogP contribution in [0.1, 0.15) is 32.3 Å². The minimum atomic E-state index is 0.254. The van der Waals surface area contributed by atoms with Crippen molar-refractivity contribution in [1.29, 1.82) is 0 Å². The molecule has 2 aromatic rings. The van der Waals surface area contributed by atoms with Gasteiger partial charge < -0.3 is 9.84 Å². The van der Waals surface area contributed by atoms with Crippen LogP contribution in [0.15, 0.2) is 42.7 Å². The van der Waals surface area contributed by atoms with Gasteiger partial charge in [-0.3, -0.25) is 9.80 Å². The molecule has 0 spiro atoms. The average molecular weight is 385 g/mol. The normalized spacial score (nSPS) is 18.5. The predicted molar refractivity (Wildman–Crippen MR) is 110 cm³/mol. The van der Waals surface area contributed by atoms with Crippen LogP contribution in [0, 0.1) is 5.92 Å². The Bertz CT molecular complexity index is 693. The predicted octanol–water partition coefficient (Wildman–Crippen LogP) is 3.18. The summed E-state index contributed by atoms with van der Waals surface area (Å²) in [5.74, 6) is 1.46. The van der Waals surface area contributed by atoms with Gasteiger partial charge in [0, 0.05) is 51.2 Å². The number of nitrogens with zero attached hydrogens (tertiary/aromatic N) is 4. The molecule has 2 heterocycles. The van der Waals surface area contributed by atoms with Gasteiger partial charge >= 0.3 is 6.01 Å². The molecule has 0 amide bonds. The van der Waals surface area contributed by atoms with Gasteiger partial charge in [0.2, 0.25) is 0 Å². The lowest BCUT2D eigenvalue weighted by Gasteiger charge is -2.41. The monoisotopic (exact) mass is 384 g/mol. The van der Waals surface area contributed by atoms with Crippen molar-refractivity contribution < 1.29 is 9.84 Å². The van der Waals surface area contributed by atoms with Gasteiger partial charge in [-0.1, -0.05) is 26.0 Å². The highest BCUT2D eigenvalue weighted by atomic mass is 16.5. The highest BCUT2D eigenvalue weighted by molar-refractivity contribution is 5.29. The van der Waals surface area contributed by atoms with Gasteiger partial charge in [-0.05, 0) is 49.1 Å². The molecule has 1 aliphatic heterocycles. The van der Waals surface area contributed by atoms with Gasteiger partial charge in [0.25, 0.3) is 0 Å². The van der Waals surface area contributed by atoms with Crippen molar-refractivity contribution in [3.63, 3.8) is 0 Å². The first-order chi connectivity index (χ1) is 13.6. The van der Waals surface area contributed by atoms with E-state index in [9.17, 15) is 5.11 Å². The zero-order valence-corrected chi connectivity index (χ0v) is 17.0. The highest BCUT2D eigenvalue weighted by Gasteiger charge is 2.26. The highest BCUT2D eigenvalue weighted by Crippen LogP contribution is 2.20. The second kappa shape index (κ2) is 10.5. The second-order valence-electron chi connectivity index (χ2n) is 7.90. The maximum atomic E-state index is 9.47. The van der Waals surface area contributed by atoms with E-state index in [2.05, 4.69) is 45.7 Å². The molecular weight excluding hydrogens is 352 g/mol. The SMILES string of the molecule is CC(C)CCN1CCN(Cc2ccc(Oc3ncccn3)cc2)C[C@H]1CCO. The number of hydrogen-bond donors (Lipinski definition) is 1. The number of ether oxygens (including phenoxy) is 1. The first kappa shape index (κ1) is 20.7. The molecule has 28 heavy (non-hydrogen) atoms. The van der Waals surface area contributed by atoms with E-state index in [1.54, 1.807) is 18.5 Å². The molecule has 0 unspecified atom stereocenters. The first-order valence-electron chi connectivity index (χ1n) is 10.2. The van der Waals surface area contributed by atoms with E-state index in [-0.39, 0.29) is 6.61 Å². The number of hydrogen-bond acceptors (Lipinski definition) is 6. The number of benzene rings is 1. The number of aliphatic hydroxyl groups is 1. The Kier molecular flexibility index (Phi) is 7.77. The fourth-order valence-electron chi connectivity index (χ4n) is 3.61. The van der Waals surface area contributed by atoms with Crippen LogP contribution in [0.2, 0.25) is 0 Å². The van der Waals surface area contributed by atoms with Crippen molar-refractivity contribution in [2.75, 3.05) is 32.8 Å². The molecule has 3 rings (SSSR count). The summed E-state index contributed by atoms with van der Waals surface area (Å²) in [5.41, 5.74) is 1.26. The largest absolute Gasteiger partial charge is 0.424 e. The van der Waals surface area contributed by atoms with Crippen molar-refractivity contribution in [3.8, 4) is 11.8 Å². The van der Waals surface area contributed by atoms with Crippen molar-refractivity contribution in [3.05, 3.63) is 48.3 Å². The molecule has 1 aromatic heterocycles. The molecular formula is C22H32N4O2.